The summed E-state index contributed by atoms with van der Waals surface area (Å²) in [5, 5.41) is 0. The molecular formula is C20H42N2. The van der Waals surface area contributed by atoms with Gasteiger partial charge in [-0.05, 0) is 71.1 Å². The number of rotatable bonds is 2. The Morgan fingerprint density at radius 1 is 0.455 bits per heavy atom. The van der Waals surface area contributed by atoms with E-state index in [1.807, 2.05) is 0 Å². The minimum absolute atomic E-state index is 0.625. The van der Waals surface area contributed by atoms with E-state index in [-0.39, 0.29) is 0 Å². The van der Waals surface area contributed by atoms with Gasteiger partial charge in [0.25, 0.3) is 0 Å². The minimum atomic E-state index is 0.625. The highest BCUT2D eigenvalue weighted by atomic mass is 15.6. The van der Waals surface area contributed by atoms with Crippen molar-refractivity contribution in [3.63, 3.8) is 0 Å². The molecule has 2 heteroatoms. The molecule has 1 aliphatic heterocycles. The Morgan fingerprint density at radius 2 is 0.636 bits per heavy atom. The van der Waals surface area contributed by atoms with Gasteiger partial charge in [0.1, 0.15) is 0 Å². The third kappa shape index (κ3) is 3.70. The molecule has 2 rings (SSSR count). The summed E-state index contributed by atoms with van der Waals surface area (Å²) >= 11 is 0. The van der Waals surface area contributed by atoms with Crippen molar-refractivity contribution < 1.29 is 0 Å². The van der Waals surface area contributed by atoms with Gasteiger partial charge in [-0.2, -0.15) is 0 Å². The summed E-state index contributed by atoms with van der Waals surface area (Å²) in [4.78, 5) is 5.08. The van der Waals surface area contributed by atoms with Gasteiger partial charge >= 0.3 is 0 Å². The van der Waals surface area contributed by atoms with E-state index in [2.05, 4.69) is 86.0 Å². The molecule has 1 saturated carbocycles. The molecule has 0 aromatic rings. The molecule has 1 saturated heterocycles. The average Bonchev–Trinajstić information content (AvgIpc) is 2.56. The van der Waals surface area contributed by atoms with Gasteiger partial charge in [-0.1, -0.05) is 34.6 Å². The van der Waals surface area contributed by atoms with E-state index in [1.54, 1.807) is 0 Å². The van der Waals surface area contributed by atoms with Gasteiger partial charge in [-0.15, -0.1) is 0 Å². The SMILES string of the molecule is CC(C)N1C(C)N(C(C)C)C1C.CC1C(C)C(C)C(C)C1C. The molecule has 2 aliphatic rings. The summed E-state index contributed by atoms with van der Waals surface area (Å²) in [6.07, 6.45) is 1.25. The van der Waals surface area contributed by atoms with Gasteiger partial charge in [0.05, 0.1) is 12.3 Å². The first kappa shape index (κ1) is 20.0. The molecule has 0 spiro atoms. The molecule has 0 amide bonds. The van der Waals surface area contributed by atoms with Crippen LogP contribution in [0, 0.1) is 29.6 Å². The second-order valence-electron chi connectivity index (χ2n) is 8.64. The minimum Gasteiger partial charge on any atom is -0.270 e. The Balaban J connectivity index is 0.000000224. The number of hydrogen-bond acceptors (Lipinski definition) is 2. The Bertz CT molecular complexity index is 268. The van der Waals surface area contributed by atoms with Crippen LogP contribution in [0.4, 0.5) is 0 Å². The first-order valence-corrected chi connectivity index (χ1v) is 9.57. The van der Waals surface area contributed by atoms with Gasteiger partial charge < -0.3 is 0 Å². The topological polar surface area (TPSA) is 6.48 Å². The largest absolute Gasteiger partial charge is 0.270 e. The summed E-state index contributed by atoms with van der Waals surface area (Å²) in [6.45, 7) is 25.6. The maximum absolute atomic E-state index is 2.54. The molecule has 0 aromatic carbocycles. The van der Waals surface area contributed by atoms with E-state index in [9.17, 15) is 0 Å². The van der Waals surface area contributed by atoms with Crippen LogP contribution in [0.3, 0.4) is 0 Å². The van der Waals surface area contributed by atoms with Crippen LogP contribution < -0.4 is 0 Å². The van der Waals surface area contributed by atoms with Gasteiger partial charge in [-0.3, -0.25) is 9.80 Å². The molecule has 2 fully saturated rings. The quantitative estimate of drug-likeness (QED) is 0.683. The van der Waals surface area contributed by atoms with Crippen molar-refractivity contribution in [1.82, 2.24) is 9.80 Å². The highest BCUT2D eigenvalue weighted by molar-refractivity contribution is 4.90. The van der Waals surface area contributed by atoms with Gasteiger partial charge in [-0.25, -0.2) is 0 Å². The van der Waals surface area contributed by atoms with Crippen molar-refractivity contribution in [2.75, 3.05) is 0 Å². The van der Waals surface area contributed by atoms with Crippen LogP contribution in [0.5, 0.6) is 0 Å². The van der Waals surface area contributed by atoms with Crippen LogP contribution in [-0.4, -0.2) is 34.2 Å². The van der Waals surface area contributed by atoms with Crippen molar-refractivity contribution in [1.29, 1.82) is 0 Å². The zero-order valence-corrected chi connectivity index (χ0v) is 17.1. The predicted octanol–water partition coefficient (Wildman–Crippen LogP) is 5.29. The molecule has 1 heterocycles. The van der Waals surface area contributed by atoms with E-state index in [0.29, 0.717) is 24.4 Å². The fraction of sp³-hybridized carbons (Fsp3) is 1.00. The molecular weight excluding hydrogens is 268 g/mol. The molecule has 132 valence electrons. The second kappa shape index (κ2) is 7.66. The molecule has 0 atom stereocenters. The van der Waals surface area contributed by atoms with Gasteiger partial charge in [0.2, 0.25) is 0 Å². The summed E-state index contributed by atoms with van der Waals surface area (Å²) in [7, 11) is 0. The molecule has 0 N–H and O–H groups in total. The smallest absolute Gasteiger partial charge is 0.0625 e. The van der Waals surface area contributed by atoms with Crippen molar-refractivity contribution in [2.24, 2.45) is 29.6 Å². The van der Waals surface area contributed by atoms with Crippen LogP contribution in [0.25, 0.3) is 0 Å². The summed E-state index contributed by atoms with van der Waals surface area (Å²) in [5.41, 5.74) is 0. The predicted molar refractivity (Wildman–Crippen MR) is 98.7 cm³/mol. The normalized spacial score (nSPS) is 43.2. The number of hydrogen-bond donors (Lipinski definition) is 0. The Morgan fingerprint density at radius 3 is 0.773 bits per heavy atom. The fourth-order valence-corrected chi connectivity index (χ4v) is 4.98. The monoisotopic (exact) mass is 310 g/mol. The Hall–Kier alpha value is -0.0800. The van der Waals surface area contributed by atoms with Crippen molar-refractivity contribution in [2.45, 2.75) is 101 Å². The molecule has 0 unspecified atom stereocenters. The van der Waals surface area contributed by atoms with E-state index < -0.39 is 0 Å². The zero-order chi connectivity index (χ0) is 17.4. The lowest BCUT2D eigenvalue weighted by molar-refractivity contribution is -0.188. The van der Waals surface area contributed by atoms with Crippen LogP contribution in [0.1, 0.15) is 76.2 Å². The zero-order valence-electron chi connectivity index (χ0n) is 17.1. The van der Waals surface area contributed by atoms with Crippen molar-refractivity contribution in [3.8, 4) is 0 Å². The Kier molecular flexibility index (Phi) is 6.95. The maximum Gasteiger partial charge on any atom is 0.0625 e. The first-order valence-electron chi connectivity index (χ1n) is 9.57. The summed E-state index contributed by atoms with van der Waals surface area (Å²) in [5.74, 6) is 4.68. The standard InChI is InChI=1S/C10H22N2.C10H20/c1-7(2)11-9(5)12(8(3)4)10(11)6;1-6-7(2)9(4)10(5)8(6)3/h7-10H,1-6H3;6-10H,1-5H3. The van der Waals surface area contributed by atoms with Crippen molar-refractivity contribution in [3.05, 3.63) is 0 Å². The lowest BCUT2D eigenvalue weighted by Gasteiger charge is -2.59. The van der Waals surface area contributed by atoms with E-state index in [1.165, 1.54) is 0 Å². The van der Waals surface area contributed by atoms with Gasteiger partial charge in [0, 0.05) is 12.1 Å². The second-order valence-corrected chi connectivity index (χ2v) is 8.64. The first-order chi connectivity index (χ1) is 10.0. The van der Waals surface area contributed by atoms with Crippen molar-refractivity contribution >= 4 is 0 Å². The molecule has 0 aromatic heterocycles. The number of nitrogens with zero attached hydrogens (tertiary/aromatic N) is 2. The Labute approximate surface area is 140 Å². The highest BCUT2D eigenvalue weighted by Gasteiger charge is 2.42. The molecule has 0 bridgehead atoms. The lowest BCUT2D eigenvalue weighted by Crippen LogP contribution is -2.72. The fourth-order valence-electron chi connectivity index (χ4n) is 4.98. The van der Waals surface area contributed by atoms with E-state index >= 15 is 0 Å². The lowest BCUT2D eigenvalue weighted by atomic mass is 9.92. The molecule has 0 radical (unpaired) electrons. The third-order valence-corrected chi connectivity index (χ3v) is 7.07. The summed E-state index contributed by atoms with van der Waals surface area (Å²) in [6, 6.07) is 1.34. The van der Waals surface area contributed by atoms with Crippen LogP contribution in [0.15, 0.2) is 0 Å². The third-order valence-electron chi connectivity index (χ3n) is 7.07. The molecule has 2 nitrogen and oxygen atoms in total. The molecule has 22 heavy (non-hydrogen) atoms. The highest BCUT2D eigenvalue weighted by Crippen LogP contribution is 2.44. The average molecular weight is 311 g/mol. The van der Waals surface area contributed by atoms with Crippen LogP contribution in [-0.2, 0) is 0 Å². The maximum atomic E-state index is 2.54. The van der Waals surface area contributed by atoms with E-state index in [4.69, 9.17) is 0 Å². The molecule has 1 aliphatic carbocycles. The van der Waals surface area contributed by atoms with E-state index in [0.717, 1.165) is 29.6 Å². The van der Waals surface area contributed by atoms with Crippen LogP contribution >= 0.6 is 0 Å². The summed E-state index contributed by atoms with van der Waals surface area (Å²) < 4.78 is 0. The van der Waals surface area contributed by atoms with Gasteiger partial charge in [0.15, 0.2) is 0 Å². The van der Waals surface area contributed by atoms with Crippen LogP contribution in [0.2, 0.25) is 0 Å².